The summed E-state index contributed by atoms with van der Waals surface area (Å²) >= 11 is 0. The highest BCUT2D eigenvalue weighted by molar-refractivity contribution is 5.91. The SMILES string of the molecule is O=C(NCC1(c2ccccc2)CCOCC1)c1ccno1. The molecule has 5 nitrogen and oxygen atoms in total. The van der Waals surface area contributed by atoms with Gasteiger partial charge in [0.1, 0.15) is 0 Å². The Kier molecular flexibility index (Phi) is 4.01. The molecular weight excluding hydrogens is 268 g/mol. The summed E-state index contributed by atoms with van der Waals surface area (Å²) in [6.45, 7) is 2.00. The van der Waals surface area contributed by atoms with Crippen LogP contribution in [0.3, 0.4) is 0 Å². The third kappa shape index (κ3) is 2.97. The van der Waals surface area contributed by atoms with E-state index in [0.717, 1.165) is 12.8 Å². The first-order valence-electron chi connectivity index (χ1n) is 7.12. The minimum Gasteiger partial charge on any atom is -0.381 e. The van der Waals surface area contributed by atoms with Gasteiger partial charge in [-0.1, -0.05) is 35.5 Å². The summed E-state index contributed by atoms with van der Waals surface area (Å²) in [5.41, 5.74) is 1.17. The summed E-state index contributed by atoms with van der Waals surface area (Å²) in [6, 6.07) is 11.9. The van der Waals surface area contributed by atoms with Crippen LogP contribution in [-0.4, -0.2) is 30.8 Å². The highest BCUT2D eigenvalue weighted by Crippen LogP contribution is 2.34. The lowest BCUT2D eigenvalue weighted by Gasteiger charge is -2.37. The summed E-state index contributed by atoms with van der Waals surface area (Å²) < 4.78 is 10.4. The van der Waals surface area contributed by atoms with Crippen LogP contribution in [0, 0.1) is 0 Å². The lowest BCUT2D eigenvalue weighted by Crippen LogP contribution is -2.44. The van der Waals surface area contributed by atoms with Crippen molar-refractivity contribution in [2.45, 2.75) is 18.3 Å². The second kappa shape index (κ2) is 6.10. The Morgan fingerprint density at radius 1 is 1.19 bits per heavy atom. The van der Waals surface area contributed by atoms with Gasteiger partial charge in [-0.2, -0.15) is 0 Å². The van der Waals surface area contributed by atoms with Crippen molar-refractivity contribution in [3.05, 3.63) is 53.9 Å². The quantitative estimate of drug-likeness (QED) is 0.935. The molecule has 2 heterocycles. The molecule has 1 aliphatic heterocycles. The molecular formula is C16H18N2O3. The van der Waals surface area contributed by atoms with Crippen LogP contribution in [0.25, 0.3) is 0 Å². The van der Waals surface area contributed by atoms with E-state index in [-0.39, 0.29) is 17.1 Å². The smallest absolute Gasteiger partial charge is 0.289 e. The van der Waals surface area contributed by atoms with E-state index in [1.54, 1.807) is 6.07 Å². The van der Waals surface area contributed by atoms with Crippen molar-refractivity contribution in [1.82, 2.24) is 10.5 Å². The van der Waals surface area contributed by atoms with Gasteiger partial charge in [0.05, 0.1) is 6.20 Å². The van der Waals surface area contributed by atoms with Crippen LogP contribution in [0.2, 0.25) is 0 Å². The molecule has 0 atom stereocenters. The molecule has 1 amide bonds. The van der Waals surface area contributed by atoms with Gasteiger partial charge in [0, 0.05) is 31.2 Å². The number of carbonyl (C=O) groups is 1. The summed E-state index contributed by atoms with van der Waals surface area (Å²) in [7, 11) is 0. The second-order valence-corrected chi connectivity index (χ2v) is 5.32. The molecule has 0 unspecified atom stereocenters. The van der Waals surface area contributed by atoms with Crippen molar-refractivity contribution in [3.8, 4) is 0 Å². The minimum atomic E-state index is -0.228. The Hall–Kier alpha value is -2.14. The molecule has 1 fully saturated rings. The molecule has 3 rings (SSSR count). The Labute approximate surface area is 123 Å². The number of amides is 1. The molecule has 1 aromatic heterocycles. The van der Waals surface area contributed by atoms with Gasteiger partial charge in [-0.05, 0) is 18.4 Å². The van der Waals surface area contributed by atoms with Crippen LogP contribution in [0.5, 0.6) is 0 Å². The molecule has 1 aliphatic rings. The topological polar surface area (TPSA) is 64.4 Å². The first kappa shape index (κ1) is 13.8. The van der Waals surface area contributed by atoms with Crippen molar-refractivity contribution in [1.29, 1.82) is 0 Å². The molecule has 0 radical (unpaired) electrons. The Morgan fingerprint density at radius 2 is 1.95 bits per heavy atom. The molecule has 1 N–H and O–H groups in total. The molecule has 0 bridgehead atoms. The number of benzene rings is 1. The third-order valence-electron chi connectivity index (χ3n) is 4.09. The van der Waals surface area contributed by atoms with Crippen LogP contribution in [0.4, 0.5) is 0 Å². The van der Waals surface area contributed by atoms with Crippen LogP contribution >= 0.6 is 0 Å². The average molecular weight is 286 g/mol. The molecule has 110 valence electrons. The van der Waals surface area contributed by atoms with E-state index in [4.69, 9.17) is 9.26 Å². The van der Waals surface area contributed by atoms with Gasteiger partial charge in [0.15, 0.2) is 0 Å². The van der Waals surface area contributed by atoms with Crippen LogP contribution in [0.1, 0.15) is 29.0 Å². The van der Waals surface area contributed by atoms with Crippen molar-refractivity contribution >= 4 is 5.91 Å². The van der Waals surface area contributed by atoms with Crippen molar-refractivity contribution in [3.63, 3.8) is 0 Å². The third-order valence-corrected chi connectivity index (χ3v) is 4.09. The first-order chi connectivity index (χ1) is 10.3. The van der Waals surface area contributed by atoms with Gasteiger partial charge < -0.3 is 14.6 Å². The van der Waals surface area contributed by atoms with E-state index in [0.29, 0.717) is 19.8 Å². The predicted molar refractivity (Wildman–Crippen MR) is 77.0 cm³/mol. The summed E-state index contributed by atoms with van der Waals surface area (Å²) in [4.78, 5) is 12.0. The fourth-order valence-corrected chi connectivity index (χ4v) is 2.79. The van der Waals surface area contributed by atoms with E-state index in [1.807, 2.05) is 18.2 Å². The number of nitrogens with zero attached hydrogens (tertiary/aromatic N) is 1. The summed E-state index contributed by atoms with van der Waals surface area (Å²) in [5.74, 6) is 0.0135. The van der Waals surface area contributed by atoms with Crippen LogP contribution in [0.15, 0.2) is 47.1 Å². The van der Waals surface area contributed by atoms with Gasteiger partial charge in [-0.3, -0.25) is 4.79 Å². The Balaban J connectivity index is 1.76. The number of nitrogens with one attached hydrogen (secondary N) is 1. The Bertz CT molecular complexity index is 575. The van der Waals surface area contributed by atoms with Gasteiger partial charge in [0.25, 0.3) is 5.91 Å². The average Bonchev–Trinajstić information content (AvgIpc) is 3.09. The maximum absolute atomic E-state index is 12.0. The standard InChI is InChI=1S/C16H18N2O3/c19-15(14-6-9-18-21-14)17-12-16(7-10-20-11-8-16)13-4-2-1-3-5-13/h1-6,9H,7-8,10-12H2,(H,17,19). The lowest BCUT2D eigenvalue weighted by atomic mass is 9.74. The molecule has 1 aromatic carbocycles. The largest absolute Gasteiger partial charge is 0.381 e. The van der Waals surface area contributed by atoms with E-state index >= 15 is 0 Å². The van der Waals surface area contributed by atoms with Gasteiger partial charge in [-0.15, -0.1) is 0 Å². The molecule has 0 saturated carbocycles. The van der Waals surface area contributed by atoms with Gasteiger partial charge >= 0.3 is 0 Å². The zero-order valence-electron chi connectivity index (χ0n) is 11.7. The zero-order chi connectivity index (χ0) is 14.5. The van der Waals surface area contributed by atoms with Crippen molar-refractivity contribution < 1.29 is 14.1 Å². The number of carbonyl (C=O) groups excluding carboxylic acids is 1. The molecule has 0 spiro atoms. The first-order valence-corrected chi connectivity index (χ1v) is 7.12. The maximum Gasteiger partial charge on any atom is 0.289 e. The highest BCUT2D eigenvalue weighted by atomic mass is 16.5. The lowest BCUT2D eigenvalue weighted by molar-refractivity contribution is 0.0484. The highest BCUT2D eigenvalue weighted by Gasteiger charge is 2.35. The van der Waals surface area contributed by atoms with Crippen molar-refractivity contribution in [2.24, 2.45) is 0 Å². The fourth-order valence-electron chi connectivity index (χ4n) is 2.79. The number of hydrogen-bond acceptors (Lipinski definition) is 4. The van der Waals surface area contributed by atoms with Crippen LogP contribution < -0.4 is 5.32 Å². The molecule has 21 heavy (non-hydrogen) atoms. The molecule has 1 saturated heterocycles. The van der Waals surface area contributed by atoms with E-state index in [1.165, 1.54) is 11.8 Å². The second-order valence-electron chi connectivity index (χ2n) is 5.32. The van der Waals surface area contributed by atoms with E-state index < -0.39 is 0 Å². The molecule has 5 heteroatoms. The van der Waals surface area contributed by atoms with Crippen molar-refractivity contribution in [2.75, 3.05) is 19.8 Å². The number of rotatable bonds is 4. The molecule has 0 aliphatic carbocycles. The molecule has 2 aromatic rings. The minimum absolute atomic E-state index is 0.0742. The van der Waals surface area contributed by atoms with Gasteiger partial charge in [-0.25, -0.2) is 0 Å². The van der Waals surface area contributed by atoms with E-state index in [9.17, 15) is 4.79 Å². The summed E-state index contributed by atoms with van der Waals surface area (Å²) in [6.07, 6.45) is 3.26. The zero-order valence-corrected chi connectivity index (χ0v) is 11.7. The monoisotopic (exact) mass is 286 g/mol. The van der Waals surface area contributed by atoms with E-state index in [2.05, 4.69) is 22.6 Å². The Morgan fingerprint density at radius 3 is 2.62 bits per heavy atom. The number of ether oxygens (including phenoxy) is 1. The maximum atomic E-state index is 12.0. The fraction of sp³-hybridized carbons (Fsp3) is 0.375. The predicted octanol–water partition coefficient (Wildman–Crippen LogP) is 2.15. The van der Waals surface area contributed by atoms with Crippen LogP contribution in [-0.2, 0) is 10.2 Å². The summed E-state index contributed by atoms with van der Waals surface area (Å²) in [5, 5.41) is 6.52. The normalized spacial score (nSPS) is 17.3. The number of aromatic nitrogens is 1. The van der Waals surface area contributed by atoms with Gasteiger partial charge in [0.2, 0.25) is 5.76 Å². The number of hydrogen-bond donors (Lipinski definition) is 1.